The van der Waals surface area contributed by atoms with Crippen LogP contribution in [0.3, 0.4) is 0 Å². The first-order valence-electron chi connectivity index (χ1n) is 7.31. The second-order valence-corrected chi connectivity index (χ2v) is 6.42. The first-order chi connectivity index (χ1) is 10.0. The quantitative estimate of drug-likeness (QED) is 0.908. The molecule has 2 rings (SSSR count). The number of amides is 1. The van der Waals surface area contributed by atoms with Crippen molar-refractivity contribution in [3.05, 3.63) is 15.8 Å². The van der Waals surface area contributed by atoms with Crippen LogP contribution in [-0.2, 0) is 11.2 Å². The Bertz CT molecular complexity index is 526. The van der Waals surface area contributed by atoms with Crippen LogP contribution in [0, 0.1) is 0 Å². The minimum Gasteiger partial charge on any atom is -0.482 e. The summed E-state index contributed by atoms with van der Waals surface area (Å²) in [5, 5.41) is 9.17. The number of piperidine rings is 1. The number of aromatic carboxylic acids is 1. The van der Waals surface area contributed by atoms with E-state index in [-0.39, 0.29) is 23.4 Å². The highest BCUT2D eigenvalue weighted by Gasteiger charge is 2.24. The molecule has 21 heavy (non-hydrogen) atoms. The molecular formula is C15H21NO4S. The number of nitrogens with zero attached hydrogens (tertiary/aromatic N) is 1. The standard InChI is InChI=1S/C15H21NO4S/c1-3-11-8-12(14(21-11)15(18)19)20-9-13(17)16-7-5-4-6-10(16)2/h8,10H,3-7,9H2,1-2H3,(H,18,19). The molecule has 0 aliphatic carbocycles. The van der Waals surface area contributed by atoms with Gasteiger partial charge in [-0.15, -0.1) is 11.3 Å². The molecule has 1 N–H and O–H groups in total. The normalized spacial score (nSPS) is 18.6. The third kappa shape index (κ3) is 3.75. The Kier molecular flexibility index (Phi) is 5.22. The summed E-state index contributed by atoms with van der Waals surface area (Å²) in [5.41, 5.74) is 0. The lowest BCUT2D eigenvalue weighted by Crippen LogP contribution is -2.44. The van der Waals surface area contributed by atoms with Crippen molar-refractivity contribution in [2.45, 2.75) is 45.6 Å². The lowest BCUT2D eigenvalue weighted by atomic mass is 10.0. The number of carbonyl (C=O) groups excluding carboxylic acids is 1. The summed E-state index contributed by atoms with van der Waals surface area (Å²) in [5.74, 6) is -0.765. The molecule has 116 valence electrons. The molecule has 0 radical (unpaired) electrons. The molecule has 1 aliphatic rings. The Labute approximate surface area is 128 Å². The Morgan fingerprint density at radius 1 is 1.48 bits per heavy atom. The van der Waals surface area contributed by atoms with E-state index in [0.717, 1.165) is 37.1 Å². The van der Waals surface area contributed by atoms with Crippen molar-refractivity contribution in [3.63, 3.8) is 0 Å². The second kappa shape index (κ2) is 6.93. The average molecular weight is 311 g/mol. The first kappa shape index (κ1) is 15.8. The third-order valence-electron chi connectivity index (χ3n) is 3.77. The van der Waals surface area contributed by atoms with Crippen LogP contribution < -0.4 is 4.74 Å². The molecule has 1 unspecified atom stereocenters. The SMILES string of the molecule is CCc1cc(OCC(=O)N2CCCCC2C)c(C(=O)O)s1. The van der Waals surface area contributed by atoms with Gasteiger partial charge >= 0.3 is 5.97 Å². The smallest absolute Gasteiger partial charge is 0.349 e. The summed E-state index contributed by atoms with van der Waals surface area (Å²) in [4.78, 5) is 26.3. The molecule has 5 nitrogen and oxygen atoms in total. The molecule has 0 bridgehead atoms. The van der Waals surface area contributed by atoms with Crippen molar-refractivity contribution in [1.82, 2.24) is 4.90 Å². The number of hydrogen-bond donors (Lipinski definition) is 1. The first-order valence-corrected chi connectivity index (χ1v) is 8.12. The Balaban J connectivity index is 2.00. The van der Waals surface area contributed by atoms with Crippen LogP contribution in [0.4, 0.5) is 0 Å². The van der Waals surface area contributed by atoms with Crippen molar-refractivity contribution < 1.29 is 19.4 Å². The van der Waals surface area contributed by atoms with E-state index in [2.05, 4.69) is 0 Å². The zero-order valence-corrected chi connectivity index (χ0v) is 13.2. The van der Waals surface area contributed by atoms with Gasteiger partial charge in [0, 0.05) is 17.5 Å². The van der Waals surface area contributed by atoms with Crippen LogP contribution in [0.1, 0.15) is 47.7 Å². The largest absolute Gasteiger partial charge is 0.482 e. The van der Waals surface area contributed by atoms with Gasteiger partial charge in [0.25, 0.3) is 5.91 Å². The summed E-state index contributed by atoms with van der Waals surface area (Å²) in [7, 11) is 0. The van der Waals surface area contributed by atoms with Gasteiger partial charge in [-0.2, -0.15) is 0 Å². The van der Waals surface area contributed by atoms with E-state index in [9.17, 15) is 9.59 Å². The molecule has 1 fully saturated rings. The van der Waals surface area contributed by atoms with Gasteiger partial charge in [0.1, 0.15) is 5.75 Å². The van der Waals surface area contributed by atoms with Crippen LogP contribution >= 0.6 is 11.3 Å². The van der Waals surface area contributed by atoms with E-state index in [4.69, 9.17) is 9.84 Å². The molecule has 1 aromatic heterocycles. The number of aryl methyl sites for hydroxylation is 1. The summed E-state index contributed by atoms with van der Waals surface area (Å²) < 4.78 is 5.48. The fourth-order valence-corrected chi connectivity index (χ4v) is 3.42. The highest BCUT2D eigenvalue weighted by atomic mass is 32.1. The molecule has 1 saturated heterocycles. The maximum Gasteiger partial charge on any atom is 0.349 e. The molecule has 0 saturated carbocycles. The van der Waals surface area contributed by atoms with Crippen molar-refractivity contribution >= 4 is 23.2 Å². The van der Waals surface area contributed by atoms with Crippen LogP contribution in [0.15, 0.2) is 6.07 Å². The third-order valence-corrected chi connectivity index (χ3v) is 5.01. The number of ether oxygens (including phenoxy) is 1. The Morgan fingerprint density at radius 3 is 2.86 bits per heavy atom. The Morgan fingerprint density at radius 2 is 2.24 bits per heavy atom. The molecule has 1 aromatic rings. The van der Waals surface area contributed by atoms with Crippen molar-refractivity contribution in [2.24, 2.45) is 0 Å². The maximum absolute atomic E-state index is 12.2. The number of carboxylic acid groups (broad SMARTS) is 1. The van der Waals surface area contributed by atoms with Crippen LogP contribution in [0.25, 0.3) is 0 Å². The summed E-state index contributed by atoms with van der Waals surface area (Å²) in [6, 6.07) is 1.96. The number of rotatable bonds is 5. The monoisotopic (exact) mass is 311 g/mol. The van der Waals surface area contributed by atoms with Gasteiger partial charge in [0.2, 0.25) is 0 Å². The number of likely N-dealkylation sites (tertiary alicyclic amines) is 1. The van der Waals surface area contributed by atoms with Crippen molar-refractivity contribution in [3.8, 4) is 5.75 Å². The molecule has 2 heterocycles. The Hall–Kier alpha value is -1.56. The van der Waals surface area contributed by atoms with Gasteiger partial charge in [-0.3, -0.25) is 4.79 Å². The van der Waals surface area contributed by atoms with Gasteiger partial charge < -0.3 is 14.7 Å². The van der Waals surface area contributed by atoms with Gasteiger partial charge in [-0.1, -0.05) is 6.92 Å². The van der Waals surface area contributed by atoms with E-state index in [0.29, 0.717) is 5.75 Å². The minimum atomic E-state index is -1.01. The minimum absolute atomic E-state index is 0.0669. The fraction of sp³-hybridized carbons (Fsp3) is 0.600. The predicted octanol–water partition coefficient (Wildman–Crippen LogP) is 2.79. The number of carboxylic acids is 1. The maximum atomic E-state index is 12.2. The van der Waals surface area contributed by atoms with Gasteiger partial charge in [0.05, 0.1) is 0 Å². The van der Waals surface area contributed by atoms with Crippen LogP contribution in [0.2, 0.25) is 0 Å². The number of thiophene rings is 1. The van der Waals surface area contributed by atoms with Crippen molar-refractivity contribution in [2.75, 3.05) is 13.2 Å². The highest BCUT2D eigenvalue weighted by Crippen LogP contribution is 2.30. The molecule has 0 spiro atoms. The zero-order valence-electron chi connectivity index (χ0n) is 12.4. The van der Waals surface area contributed by atoms with E-state index in [1.807, 2.05) is 18.7 Å². The van der Waals surface area contributed by atoms with E-state index < -0.39 is 5.97 Å². The number of carbonyl (C=O) groups is 2. The molecular weight excluding hydrogens is 290 g/mol. The van der Waals surface area contributed by atoms with E-state index >= 15 is 0 Å². The summed E-state index contributed by atoms with van der Waals surface area (Å²) in [6.07, 6.45) is 3.95. The highest BCUT2D eigenvalue weighted by molar-refractivity contribution is 7.14. The zero-order chi connectivity index (χ0) is 15.4. The van der Waals surface area contributed by atoms with Crippen molar-refractivity contribution in [1.29, 1.82) is 0 Å². The summed E-state index contributed by atoms with van der Waals surface area (Å²) >= 11 is 1.21. The molecule has 1 amide bonds. The van der Waals surface area contributed by atoms with Gasteiger partial charge in [-0.05, 0) is 38.7 Å². The lowest BCUT2D eigenvalue weighted by molar-refractivity contribution is -0.136. The topological polar surface area (TPSA) is 66.8 Å². The van der Waals surface area contributed by atoms with E-state index in [1.54, 1.807) is 6.07 Å². The second-order valence-electron chi connectivity index (χ2n) is 5.29. The predicted molar refractivity (Wildman–Crippen MR) is 81.2 cm³/mol. The fourth-order valence-electron chi connectivity index (χ4n) is 2.54. The lowest BCUT2D eigenvalue weighted by Gasteiger charge is -2.33. The van der Waals surface area contributed by atoms with Gasteiger partial charge in [-0.25, -0.2) is 4.79 Å². The van der Waals surface area contributed by atoms with Crippen LogP contribution in [-0.4, -0.2) is 41.1 Å². The van der Waals surface area contributed by atoms with Gasteiger partial charge in [0.15, 0.2) is 11.5 Å². The molecule has 6 heteroatoms. The van der Waals surface area contributed by atoms with Crippen LogP contribution in [0.5, 0.6) is 5.75 Å². The van der Waals surface area contributed by atoms with E-state index in [1.165, 1.54) is 11.3 Å². The average Bonchev–Trinajstić information content (AvgIpc) is 2.89. The molecule has 1 atom stereocenters. The number of hydrogen-bond acceptors (Lipinski definition) is 4. The molecule has 0 aromatic carbocycles. The summed E-state index contributed by atoms with van der Waals surface area (Å²) in [6.45, 7) is 4.67. The molecule has 1 aliphatic heterocycles.